The van der Waals surface area contributed by atoms with Gasteiger partial charge in [0.15, 0.2) is 0 Å². The van der Waals surface area contributed by atoms with Crippen LogP contribution in [0.5, 0.6) is 0 Å². The number of hydrogen-bond acceptors (Lipinski definition) is 5. The van der Waals surface area contributed by atoms with Crippen molar-refractivity contribution in [2.75, 3.05) is 29.9 Å². The van der Waals surface area contributed by atoms with Gasteiger partial charge in [-0.25, -0.2) is 8.42 Å². The number of benzene rings is 1. The molecule has 2 heterocycles. The van der Waals surface area contributed by atoms with Gasteiger partial charge in [0.25, 0.3) is 5.91 Å². The first kappa shape index (κ1) is 18.7. The van der Waals surface area contributed by atoms with E-state index in [0.29, 0.717) is 23.8 Å². The molecule has 134 valence electrons. The van der Waals surface area contributed by atoms with Gasteiger partial charge in [-0.15, -0.1) is 11.3 Å². The minimum absolute atomic E-state index is 0.0773. The molecular formula is C16H17ClN2O3S3. The lowest BCUT2D eigenvalue weighted by Crippen LogP contribution is -2.38. The zero-order valence-corrected chi connectivity index (χ0v) is 16.7. The molecule has 0 atom stereocenters. The van der Waals surface area contributed by atoms with Crippen molar-refractivity contribution in [1.82, 2.24) is 4.31 Å². The molecule has 0 saturated carbocycles. The third-order valence-corrected chi connectivity index (χ3v) is 8.02. The van der Waals surface area contributed by atoms with Crippen molar-refractivity contribution in [3.8, 4) is 0 Å². The molecule has 1 amide bonds. The molecule has 1 N–H and O–H groups in total. The number of thioether (sulfide) groups is 1. The molecule has 0 bridgehead atoms. The maximum atomic E-state index is 12.9. The predicted molar refractivity (Wildman–Crippen MR) is 105 cm³/mol. The smallest absolute Gasteiger partial charge is 0.267 e. The monoisotopic (exact) mass is 416 g/mol. The number of halogens is 1. The lowest BCUT2D eigenvalue weighted by atomic mass is 10.2. The quantitative estimate of drug-likeness (QED) is 0.825. The van der Waals surface area contributed by atoms with Gasteiger partial charge in [-0.2, -0.15) is 16.1 Å². The van der Waals surface area contributed by atoms with Crippen molar-refractivity contribution >= 4 is 56.3 Å². The zero-order chi connectivity index (χ0) is 18.0. The summed E-state index contributed by atoms with van der Waals surface area (Å²) >= 11 is 8.79. The van der Waals surface area contributed by atoms with Gasteiger partial charge in [-0.1, -0.05) is 11.6 Å². The third-order valence-electron chi connectivity index (χ3n) is 3.86. The number of carbonyl (C=O) groups excluding carboxylic acids is 1. The Morgan fingerprint density at radius 3 is 2.64 bits per heavy atom. The van der Waals surface area contributed by atoms with E-state index in [9.17, 15) is 13.2 Å². The van der Waals surface area contributed by atoms with E-state index in [0.717, 1.165) is 28.4 Å². The highest BCUT2D eigenvalue weighted by molar-refractivity contribution is 7.99. The highest BCUT2D eigenvalue weighted by Crippen LogP contribution is 2.28. The van der Waals surface area contributed by atoms with E-state index < -0.39 is 15.9 Å². The number of aryl methyl sites for hydroxylation is 1. The predicted octanol–water partition coefficient (Wildman–Crippen LogP) is 3.70. The largest absolute Gasteiger partial charge is 0.321 e. The topological polar surface area (TPSA) is 66.5 Å². The van der Waals surface area contributed by atoms with Crippen LogP contribution < -0.4 is 5.32 Å². The SMILES string of the molecule is Cc1cc(Cl)ccc1NC(=O)c1sccc1S(=O)(=O)N1CCSCC1. The van der Waals surface area contributed by atoms with Crippen LogP contribution in [0.2, 0.25) is 5.02 Å². The van der Waals surface area contributed by atoms with Gasteiger partial charge in [-0.3, -0.25) is 4.79 Å². The van der Waals surface area contributed by atoms with Gasteiger partial charge >= 0.3 is 0 Å². The van der Waals surface area contributed by atoms with Crippen molar-refractivity contribution < 1.29 is 13.2 Å². The Morgan fingerprint density at radius 2 is 1.96 bits per heavy atom. The van der Waals surface area contributed by atoms with Crippen LogP contribution in [0.15, 0.2) is 34.5 Å². The Bertz CT molecular complexity index is 890. The highest BCUT2D eigenvalue weighted by Gasteiger charge is 2.31. The number of carbonyl (C=O) groups is 1. The van der Waals surface area contributed by atoms with Gasteiger partial charge in [-0.05, 0) is 42.1 Å². The number of amides is 1. The summed E-state index contributed by atoms with van der Waals surface area (Å²) in [6, 6.07) is 6.64. The van der Waals surface area contributed by atoms with E-state index in [-0.39, 0.29) is 9.77 Å². The molecule has 5 nitrogen and oxygen atoms in total. The molecular weight excluding hydrogens is 400 g/mol. The lowest BCUT2D eigenvalue weighted by molar-refractivity contribution is 0.102. The second kappa shape index (κ2) is 7.67. The molecule has 2 aromatic rings. The van der Waals surface area contributed by atoms with Crippen LogP contribution in [0.3, 0.4) is 0 Å². The standard InChI is InChI=1S/C16H17ClN2O3S3/c1-11-10-12(17)2-3-13(11)18-16(20)15-14(4-7-24-15)25(21,22)19-5-8-23-9-6-19/h2-4,7,10H,5-6,8-9H2,1H3,(H,18,20). The van der Waals surface area contributed by atoms with Crippen molar-refractivity contribution in [3.05, 3.63) is 45.1 Å². The number of thiophene rings is 1. The molecule has 0 aliphatic carbocycles. The maximum Gasteiger partial charge on any atom is 0.267 e. The summed E-state index contributed by atoms with van der Waals surface area (Å²) in [5.74, 6) is 1.12. The van der Waals surface area contributed by atoms with Gasteiger partial charge < -0.3 is 5.32 Å². The summed E-state index contributed by atoms with van der Waals surface area (Å²) in [5, 5.41) is 5.00. The molecule has 1 aliphatic heterocycles. The summed E-state index contributed by atoms with van der Waals surface area (Å²) in [6.45, 7) is 2.78. The fraction of sp³-hybridized carbons (Fsp3) is 0.312. The molecule has 0 radical (unpaired) electrons. The summed E-state index contributed by atoms with van der Waals surface area (Å²) in [5.41, 5.74) is 1.43. The second-order valence-corrected chi connectivity index (χ2v) is 10.0. The fourth-order valence-corrected chi connectivity index (χ4v) is 6.64. The van der Waals surface area contributed by atoms with Crippen LogP contribution in [0.4, 0.5) is 5.69 Å². The normalized spacial score (nSPS) is 15.9. The average molecular weight is 417 g/mol. The third kappa shape index (κ3) is 4.03. The summed E-state index contributed by atoms with van der Waals surface area (Å²) in [7, 11) is -3.66. The number of hydrogen-bond donors (Lipinski definition) is 1. The van der Waals surface area contributed by atoms with Gasteiger partial charge in [0.2, 0.25) is 10.0 Å². The van der Waals surface area contributed by atoms with E-state index in [1.807, 2.05) is 6.92 Å². The summed E-state index contributed by atoms with van der Waals surface area (Å²) < 4.78 is 27.2. The Labute approximate surface area is 160 Å². The number of nitrogens with one attached hydrogen (secondary N) is 1. The van der Waals surface area contributed by atoms with E-state index >= 15 is 0 Å². The van der Waals surface area contributed by atoms with Crippen LogP contribution in [0.25, 0.3) is 0 Å². The minimum atomic E-state index is -3.66. The summed E-state index contributed by atoms with van der Waals surface area (Å²) in [4.78, 5) is 12.9. The van der Waals surface area contributed by atoms with E-state index in [2.05, 4.69) is 5.32 Å². The molecule has 0 spiro atoms. The van der Waals surface area contributed by atoms with E-state index in [1.165, 1.54) is 10.4 Å². The molecule has 0 unspecified atom stereocenters. The molecule has 25 heavy (non-hydrogen) atoms. The first-order valence-electron chi connectivity index (χ1n) is 7.62. The van der Waals surface area contributed by atoms with Crippen LogP contribution in [0.1, 0.15) is 15.2 Å². The zero-order valence-electron chi connectivity index (χ0n) is 13.5. The Balaban J connectivity index is 1.86. The van der Waals surface area contributed by atoms with Crippen molar-refractivity contribution in [3.63, 3.8) is 0 Å². The molecule has 1 saturated heterocycles. The van der Waals surface area contributed by atoms with Gasteiger partial charge in [0.1, 0.15) is 9.77 Å². The van der Waals surface area contributed by atoms with Crippen LogP contribution >= 0.6 is 34.7 Å². The molecule has 1 aliphatic rings. The number of sulfonamides is 1. The van der Waals surface area contributed by atoms with Crippen LogP contribution in [-0.2, 0) is 10.0 Å². The summed E-state index contributed by atoms with van der Waals surface area (Å²) in [6.07, 6.45) is 0. The van der Waals surface area contributed by atoms with E-state index in [4.69, 9.17) is 11.6 Å². The Hall–Kier alpha value is -1.06. The fourth-order valence-electron chi connectivity index (χ4n) is 2.54. The molecule has 1 fully saturated rings. The number of anilines is 1. The first-order valence-corrected chi connectivity index (χ1v) is 11.5. The minimum Gasteiger partial charge on any atom is -0.321 e. The average Bonchev–Trinajstić information content (AvgIpc) is 3.09. The van der Waals surface area contributed by atoms with Gasteiger partial charge in [0, 0.05) is 35.3 Å². The second-order valence-electron chi connectivity index (χ2n) is 5.54. The van der Waals surface area contributed by atoms with Crippen LogP contribution in [0, 0.1) is 6.92 Å². The van der Waals surface area contributed by atoms with Crippen molar-refractivity contribution in [2.24, 2.45) is 0 Å². The molecule has 1 aromatic carbocycles. The van der Waals surface area contributed by atoms with Crippen molar-refractivity contribution in [1.29, 1.82) is 0 Å². The lowest BCUT2D eigenvalue weighted by Gasteiger charge is -2.25. The van der Waals surface area contributed by atoms with Gasteiger partial charge in [0.05, 0.1) is 0 Å². The number of nitrogens with zero attached hydrogens (tertiary/aromatic N) is 1. The Morgan fingerprint density at radius 1 is 1.24 bits per heavy atom. The maximum absolute atomic E-state index is 12.9. The molecule has 1 aromatic heterocycles. The van der Waals surface area contributed by atoms with Crippen LogP contribution in [-0.4, -0.2) is 43.2 Å². The van der Waals surface area contributed by atoms with E-state index in [1.54, 1.807) is 35.3 Å². The molecule has 9 heteroatoms. The van der Waals surface area contributed by atoms with Crippen molar-refractivity contribution in [2.45, 2.75) is 11.8 Å². The highest BCUT2D eigenvalue weighted by atomic mass is 35.5. The molecule has 3 rings (SSSR count). The number of rotatable bonds is 4. The Kier molecular flexibility index (Phi) is 5.75. The first-order chi connectivity index (χ1) is 11.9.